The molecule has 0 aliphatic rings. The van der Waals surface area contributed by atoms with E-state index in [4.69, 9.17) is 0 Å². The zero-order valence-electron chi connectivity index (χ0n) is 12.4. The fourth-order valence-corrected chi connectivity index (χ4v) is 2.51. The number of fused-ring (bicyclic) bond motifs is 1. The monoisotopic (exact) mass is 301 g/mol. The highest BCUT2D eigenvalue weighted by Gasteiger charge is 2.09. The van der Waals surface area contributed by atoms with Crippen molar-refractivity contribution in [2.45, 2.75) is 6.54 Å². The van der Waals surface area contributed by atoms with Crippen molar-refractivity contribution in [1.29, 1.82) is 0 Å². The molecule has 0 saturated heterocycles. The summed E-state index contributed by atoms with van der Waals surface area (Å²) in [7, 11) is 0. The minimum absolute atomic E-state index is 0.682. The third-order valence-electron chi connectivity index (χ3n) is 3.67. The molecule has 5 nitrogen and oxygen atoms in total. The summed E-state index contributed by atoms with van der Waals surface area (Å²) in [6.07, 6.45) is 5.36. The number of hydrogen-bond acceptors (Lipinski definition) is 4. The van der Waals surface area contributed by atoms with Crippen LogP contribution in [0.15, 0.2) is 67.1 Å². The van der Waals surface area contributed by atoms with Gasteiger partial charge in [0.1, 0.15) is 5.82 Å². The van der Waals surface area contributed by atoms with Crippen LogP contribution in [0.3, 0.4) is 0 Å². The van der Waals surface area contributed by atoms with E-state index in [9.17, 15) is 0 Å². The number of aromatic nitrogens is 4. The normalized spacial score (nSPS) is 10.8. The Hall–Kier alpha value is -3.21. The van der Waals surface area contributed by atoms with Crippen molar-refractivity contribution in [3.8, 4) is 11.4 Å². The first-order chi connectivity index (χ1) is 11.4. The molecule has 0 aliphatic heterocycles. The van der Waals surface area contributed by atoms with Crippen LogP contribution in [-0.4, -0.2) is 19.9 Å². The lowest BCUT2D eigenvalue weighted by Gasteiger charge is -2.06. The van der Waals surface area contributed by atoms with Gasteiger partial charge in [0, 0.05) is 36.3 Å². The molecule has 0 unspecified atom stereocenters. The van der Waals surface area contributed by atoms with Crippen LogP contribution in [0.4, 0.5) is 5.69 Å². The fourth-order valence-electron chi connectivity index (χ4n) is 2.51. The molecule has 0 bridgehead atoms. The highest BCUT2D eigenvalue weighted by molar-refractivity contribution is 5.79. The van der Waals surface area contributed by atoms with E-state index in [2.05, 4.69) is 25.3 Å². The van der Waals surface area contributed by atoms with Crippen LogP contribution in [0.1, 0.15) is 5.56 Å². The standard InChI is InChI=1S/C18H15N5/c1-2-5-13(6-3-1)17-22-16-14(8-10-20-18(16)23-17)11-21-15-7-4-9-19-12-15/h1-10,12,21H,11H2,(H,20,22,23). The van der Waals surface area contributed by atoms with Gasteiger partial charge in [-0.05, 0) is 18.2 Å². The van der Waals surface area contributed by atoms with Gasteiger partial charge in [-0.3, -0.25) is 4.98 Å². The van der Waals surface area contributed by atoms with Gasteiger partial charge < -0.3 is 10.3 Å². The molecule has 5 heteroatoms. The summed E-state index contributed by atoms with van der Waals surface area (Å²) in [6, 6.07) is 16.0. The second kappa shape index (κ2) is 5.88. The number of H-pyrrole nitrogens is 1. The van der Waals surface area contributed by atoms with Crippen LogP contribution in [0.25, 0.3) is 22.6 Å². The van der Waals surface area contributed by atoms with Gasteiger partial charge in [-0.1, -0.05) is 30.3 Å². The number of pyridine rings is 2. The number of hydrogen-bond donors (Lipinski definition) is 2. The minimum Gasteiger partial charge on any atom is -0.380 e. The van der Waals surface area contributed by atoms with Crippen molar-refractivity contribution in [2.75, 3.05) is 5.32 Å². The molecule has 0 fully saturated rings. The smallest absolute Gasteiger partial charge is 0.178 e. The molecule has 4 rings (SSSR count). The lowest BCUT2D eigenvalue weighted by atomic mass is 10.2. The van der Waals surface area contributed by atoms with Crippen molar-refractivity contribution in [1.82, 2.24) is 19.9 Å². The predicted molar refractivity (Wildman–Crippen MR) is 90.9 cm³/mol. The van der Waals surface area contributed by atoms with E-state index in [0.717, 1.165) is 33.8 Å². The summed E-state index contributed by atoms with van der Waals surface area (Å²) in [5.74, 6) is 0.835. The van der Waals surface area contributed by atoms with Crippen molar-refractivity contribution in [3.63, 3.8) is 0 Å². The Morgan fingerprint density at radius 3 is 2.70 bits per heavy atom. The molecule has 23 heavy (non-hydrogen) atoms. The first-order valence-corrected chi connectivity index (χ1v) is 7.43. The minimum atomic E-state index is 0.682. The van der Waals surface area contributed by atoms with Gasteiger partial charge in [-0.2, -0.15) is 0 Å². The molecule has 112 valence electrons. The Morgan fingerprint density at radius 1 is 0.957 bits per heavy atom. The maximum atomic E-state index is 4.59. The molecule has 0 radical (unpaired) electrons. The highest BCUT2D eigenvalue weighted by atomic mass is 15.0. The zero-order valence-corrected chi connectivity index (χ0v) is 12.4. The lowest BCUT2D eigenvalue weighted by Crippen LogP contribution is -2.00. The van der Waals surface area contributed by atoms with Gasteiger partial charge in [0.2, 0.25) is 0 Å². The Labute approximate surface area is 133 Å². The van der Waals surface area contributed by atoms with E-state index in [-0.39, 0.29) is 0 Å². The number of rotatable bonds is 4. The maximum absolute atomic E-state index is 4.59. The summed E-state index contributed by atoms with van der Waals surface area (Å²) >= 11 is 0. The molecule has 4 aromatic rings. The van der Waals surface area contributed by atoms with Crippen LogP contribution in [0.5, 0.6) is 0 Å². The third kappa shape index (κ3) is 2.76. The SMILES string of the molecule is c1ccc(-c2nc3nccc(CNc4cccnc4)c3[nH]2)cc1. The molecule has 1 aromatic carbocycles. The Kier molecular flexibility index (Phi) is 3.44. The van der Waals surface area contributed by atoms with E-state index in [1.165, 1.54) is 0 Å². The van der Waals surface area contributed by atoms with E-state index in [0.29, 0.717) is 6.54 Å². The second-order valence-corrected chi connectivity index (χ2v) is 5.22. The number of benzene rings is 1. The fraction of sp³-hybridized carbons (Fsp3) is 0.0556. The van der Waals surface area contributed by atoms with E-state index in [1.807, 2.05) is 48.5 Å². The molecule has 0 atom stereocenters. The molecule has 2 N–H and O–H groups in total. The number of nitrogens with one attached hydrogen (secondary N) is 2. The van der Waals surface area contributed by atoms with Gasteiger partial charge >= 0.3 is 0 Å². The third-order valence-corrected chi connectivity index (χ3v) is 3.67. The van der Waals surface area contributed by atoms with E-state index in [1.54, 1.807) is 18.6 Å². The maximum Gasteiger partial charge on any atom is 0.178 e. The van der Waals surface area contributed by atoms with Crippen molar-refractivity contribution in [3.05, 3.63) is 72.7 Å². The molecule has 0 saturated carbocycles. The summed E-state index contributed by atoms with van der Waals surface area (Å²) in [5, 5.41) is 3.36. The molecular weight excluding hydrogens is 286 g/mol. The van der Waals surface area contributed by atoms with Crippen LogP contribution < -0.4 is 5.32 Å². The first-order valence-electron chi connectivity index (χ1n) is 7.43. The molecule has 0 amide bonds. The second-order valence-electron chi connectivity index (χ2n) is 5.22. The van der Waals surface area contributed by atoms with Crippen molar-refractivity contribution < 1.29 is 0 Å². The van der Waals surface area contributed by atoms with Gasteiger partial charge in [0.15, 0.2) is 5.65 Å². The number of anilines is 1. The molecule has 3 heterocycles. The zero-order chi connectivity index (χ0) is 15.5. The van der Waals surface area contributed by atoms with Gasteiger partial charge in [-0.25, -0.2) is 9.97 Å². The average molecular weight is 301 g/mol. The summed E-state index contributed by atoms with van der Waals surface area (Å²) < 4.78 is 0. The van der Waals surface area contributed by atoms with Crippen molar-refractivity contribution in [2.24, 2.45) is 0 Å². The first kappa shape index (κ1) is 13.5. The quantitative estimate of drug-likeness (QED) is 0.604. The highest BCUT2D eigenvalue weighted by Crippen LogP contribution is 2.21. The summed E-state index contributed by atoms with van der Waals surface area (Å²) in [5.41, 5.74) is 4.85. The predicted octanol–water partition coefficient (Wildman–Crippen LogP) is 3.63. The van der Waals surface area contributed by atoms with Crippen molar-refractivity contribution >= 4 is 16.9 Å². The topological polar surface area (TPSA) is 66.5 Å². The lowest BCUT2D eigenvalue weighted by molar-refractivity contribution is 1.14. The van der Waals surface area contributed by atoms with Gasteiger partial charge in [0.05, 0.1) is 11.2 Å². The van der Waals surface area contributed by atoms with Crippen LogP contribution >= 0.6 is 0 Å². The van der Waals surface area contributed by atoms with E-state index >= 15 is 0 Å². The Balaban J connectivity index is 1.66. The Bertz CT molecular complexity index is 916. The molecule has 3 aromatic heterocycles. The number of aromatic amines is 1. The molecular formula is C18H15N5. The van der Waals surface area contributed by atoms with Gasteiger partial charge in [0.25, 0.3) is 0 Å². The van der Waals surface area contributed by atoms with E-state index < -0.39 is 0 Å². The van der Waals surface area contributed by atoms with Gasteiger partial charge in [-0.15, -0.1) is 0 Å². The number of imidazole rings is 1. The summed E-state index contributed by atoms with van der Waals surface area (Å²) in [4.78, 5) is 16.4. The van der Waals surface area contributed by atoms with Crippen LogP contribution in [0, 0.1) is 0 Å². The molecule has 0 aliphatic carbocycles. The van der Waals surface area contributed by atoms with Crippen LogP contribution in [0.2, 0.25) is 0 Å². The number of nitrogens with zero attached hydrogens (tertiary/aromatic N) is 3. The van der Waals surface area contributed by atoms with Crippen LogP contribution in [-0.2, 0) is 6.54 Å². The average Bonchev–Trinajstić information content (AvgIpc) is 3.06. The summed E-state index contributed by atoms with van der Waals surface area (Å²) in [6.45, 7) is 0.682. The largest absolute Gasteiger partial charge is 0.380 e. The Morgan fingerprint density at radius 2 is 1.87 bits per heavy atom. The molecule has 0 spiro atoms.